The van der Waals surface area contributed by atoms with Crippen molar-refractivity contribution >= 4 is 45.8 Å². The lowest BCUT2D eigenvalue weighted by Gasteiger charge is -2.35. The van der Waals surface area contributed by atoms with Crippen molar-refractivity contribution in [3.63, 3.8) is 0 Å². The quantitative estimate of drug-likeness (QED) is 0.506. The van der Waals surface area contributed by atoms with Gasteiger partial charge in [0.05, 0.1) is 4.70 Å². The maximum absolute atomic E-state index is 12.4. The number of rotatable bonds is 7. The molecule has 1 fully saturated rings. The first-order valence-electron chi connectivity index (χ1n) is 10.3. The highest BCUT2D eigenvalue weighted by Crippen LogP contribution is 2.29. The van der Waals surface area contributed by atoms with Gasteiger partial charge in [0, 0.05) is 50.7 Å². The highest BCUT2D eigenvalue weighted by atomic mass is 35.5. The van der Waals surface area contributed by atoms with Gasteiger partial charge in [-0.2, -0.15) is 4.37 Å². The van der Waals surface area contributed by atoms with E-state index in [-0.39, 0.29) is 18.3 Å². The summed E-state index contributed by atoms with van der Waals surface area (Å²) >= 11 is 1.59. The number of aromatic nitrogens is 1. The molecule has 4 rings (SSSR count). The highest BCUT2D eigenvalue weighted by Gasteiger charge is 2.20. The van der Waals surface area contributed by atoms with E-state index >= 15 is 0 Å². The molecule has 1 aromatic heterocycles. The first-order chi connectivity index (χ1) is 14.2. The molecule has 2 heterocycles. The van der Waals surface area contributed by atoms with Gasteiger partial charge in [-0.15, -0.1) is 12.4 Å². The van der Waals surface area contributed by atoms with E-state index in [4.69, 9.17) is 4.37 Å². The largest absolute Gasteiger partial charge is 0.353 e. The topological polar surface area (TPSA) is 39.7 Å². The molecule has 1 aliphatic heterocycles. The molecule has 30 heavy (non-hydrogen) atoms. The van der Waals surface area contributed by atoms with Gasteiger partial charge in [0.25, 0.3) is 5.91 Å². The first-order valence-corrected chi connectivity index (χ1v) is 11.1. The summed E-state index contributed by atoms with van der Waals surface area (Å²) in [6.45, 7) is 6.10. The molecule has 1 saturated heterocycles. The maximum Gasteiger partial charge on any atom is 0.253 e. The standard InChI is InChI=1S/C23H28N4OS.ClH/c1-25(23(28)19-9-3-2-4-10-19)13-7-8-14-26-15-17-27(18-16-26)22-20-11-5-6-12-21(20)29-24-22;/h2-6,9-12H,7-8,13-18H2,1H3;1H. The third kappa shape index (κ3) is 5.31. The predicted octanol–water partition coefficient (Wildman–Crippen LogP) is 4.39. The Hall–Kier alpha value is -2.15. The highest BCUT2D eigenvalue weighted by molar-refractivity contribution is 7.13. The van der Waals surface area contributed by atoms with Crippen LogP contribution in [0.1, 0.15) is 23.2 Å². The van der Waals surface area contributed by atoms with E-state index in [1.54, 1.807) is 11.5 Å². The van der Waals surface area contributed by atoms with E-state index < -0.39 is 0 Å². The van der Waals surface area contributed by atoms with Gasteiger partial charge < -0.3 is 9.80 Å². The molecular formula is C23H29ClN4OS. The number of halogens is 1. The predicted molar refractivity (Wildman–Crippen MR) is 128 cm³/mol. The van der Waals surface area contributed by atoms with Gasteiger partial charge in [-0.3, -0.25) is 9.69 Å². The van der Waals surface area contributed by atoms with Crippen LogP contribution in [0.25, 0.3) is 10.1 Å². The maximum atomic E-state index is 12.4. The fourth-order valence-electron chi connectivity index (χ4n) is 3.87. The average Bonchev–Trinajstić information content (AvgIpc) is 3.21. The molecule has 7 heteroatoms. The number of piperazine rings is 1. The number of carbonyl (C=O) groups excluding carboxylic acids is 1. The molecule has 0 saturated carbocycles. The van der Waals surface area contributed by atoms with Crippen LogP contribution in [0.15, 0.2) is 54.6 Å². The lowest BCUT2D eigenvalue weighted by atomic mass is 10.2. The fourth-order valence-corrected chi connectivity index (χ4v) is 4.67. The van der Waals surface area contributed by atoms with Gasteiger partial charge in [0.15, 0.2) is 0 Å². The molecule has 0 N–H and O–H groups in total. The van der Waals surface area contributed by atoms with Gasteiger partial charge in [-0.1, -0.05) is 30.3 Å². The van der Waals surface area contributed by atoms with Gasteiger partial charge in [-0.05, 0) is 55.2 Å². The Morgan fingerprint density at radius 1 is 1.00 bits per heavy atom. The second kappa shape index (κ2) is 10.8. The Morgan fingerprint density at radius 3 is 2.47 bits per heavy atom. The summed E-state index contributed by atoms with van der Waals surface area (Å²) in [7, 11) is 1.90. The Balaban J connectivity index is 0.00000256. The molecule has 1 amide bonds. The van der Waals surface area contributed by atoms with Crippen LogP contribution in [0, 0.1) is 0 Å². The monoisotopic (exact) mass is 444 g/mol. The van der Waals surface area contributed by atoms with Crippen molar-refractivity contribution < 1.29 is 4.79 Å². The van der Waals surface area contributed by atoms with E-state index in [2.05, 4.69) is 34.1 Å². The number of carbonyl (C=O) groups is 1. The second-order valence-electron chi connectivity index (χ2n) is 7.63. The minimum absolute atomic E-state index is 0. The molecule has 1 aliphatic rings. The van der Waals surface area contributed by atoms with E-state index in [0.717, 1.165) is 63.5 Å². The molecule has 160 valence electrons. The van der Waals surface area contributed by atoms with Crippen molar-refractivity contribution in [3.8, 4) is 0 Å². The van der Waals surface area contributed by atoms with Gasteiger partial charge in [0.2, 0.25) is 0 Å². The summed E-state index contributed by atoms with van der Waals surface area (Å²) in [4.78, 5) is 19.2. The van der Waals surface area contributed by atoms with Crippen LogP contribution >= 0.6 is 23.9 Å². The Labute approximate surface area is 188 Å². The lowest BCUT2D eigenvalue weighted by molar-refractivity contribution is 0.0791. The normalized spacial score (nSPS) is 14.5. The molecule has 3 aromatic rings. The zero-order valence-corrected chi connectivity index (χ0v) is 19.0. The number of fused-ring (bicyclic) bond motifs is 1. The summed E-state index contributed by atoms with van der Waals surface area (Å²) in [5.74, 6) is 1.25. The minimum Gasteiger partial charge on any atom is -0.353 e. The van der Waals surface area contributed by atoms with Gasteiger partial charge in [0.1, 0.15) is 5.82 Å². The molecule has 0 radical (unpaired) electrons. The van der Waals surface area contributed by atoms with Crippen LogP contribution in [0.4, 0.5) is 5.82 Å². The lowest BCUT2D eigenvalue weighted by Crippen LogP contribution is -2.46. The average molecular weight is 445 g/mol. The summed E-state index contributed by atoms with van der Waals surface area (Å²) < 4.78 is 5.95. The van der Waals surface area contributed by atoms with Gasteiger partial charge in [-0.25, -0.2) is 0 Å². The summed E-state index contributed by atoms with van der Waals surface area (Å²) in [5, 5.41) is 1.28. The molecule has 2 aromatic carbocycles. The molecule has 0 bridgehead atoms. The molecular weight excluding hydrogens is 416 g/mol. The van der Waals surface area contributed by atoms with E-state index in [1.807, 2.05) is 42.3 Å². The number of nitrogens with zero attached hydrogens (tertiary/aromatic N) is 4. The van der Waals surface area contributed by atoms with Crippen LogP contribution in [0.2, 0.25) is 0 Å². The van der Waals surface area contributed by atoms with Crippen molar-refractivity contribution in [3.05, 3.63) is 60.2 Å². The number of benzene rings is 2. The van der Waals surface area contributed by atoms with Crippen LogP contribution in [0.3, 0.4) is 0 Å². The summed E-state index contributed by atoms with van der Waals surface area (Å²) in [6.07, 6.45) is 2.15. The number of anilines is 1. The van der Waals surface area contributed by atoms with Crippen LogP contribution < -0.4 is 4.90 Å². The Kier molecular flexibility index (Phi) is 8.08. The fraction of sp³-hybridized carbons (Fsp3) is 0.391. The third-order valence-electron chi connectivity index (χ3n) is 5.62. The zero-order valence-electron chi connectivity index (χ0n) is 17.4. The number of amides is 1. The molecule has 0 spiro atoms. The van der Waals surface area contributed by atoms with Crippen molar-refractivity contribution in [2.24, 2.45) is 0 Å². The summed E-state index contributed by atoms with van der Waals surface area (Å²) in [6, 6.07) is 18.0. The molecule has 0 unspecified atom stereocenters. The molecule has 0 aliphatic carbocycles. The van der Waals surface area contributed by atoms with Crippen molar-refractivity contribution in [1.82, 2.24) is 14.2 Å². The smallest absolute Gasteiger partial charge is 0.253 e. The number of unbranched alkanes of at least 4 members (excludes halogenated alkanes) is 1. The van der Waals surface area contributed by atoms with Crippen LogP contribution in [-0.4, -0.2) is 66.4 Å². The second-order valence-corrected chi connectivity index (χ2v) is 8.44. The Bertz CT molecular complexity index is 941. The zero-order chi connectivity index (χ0) is 20.1. The SMILES string of the molecule is CN(CCCCN1CCN(c2nsc3ccccc23)CC1)C(=O)c1ccccc1.Cl. The summed E-state index contributed by atoms with van der Waals surface area (Å²) in [5.41, 5.74) is 0.765. The van der Waals surface area contributed by atoms with E-state index in [0.29, 0.717) is 0 Å². The van der Waals surface area contributed by atoms with E-state index in [9.17, 15) is 4.79 Å². The van der Waals surface area contributed by atoms with Crippen molar-refractivity contribution in [2.75, 3.05) is 51.2 Å². The van der Waals surface area contributed by atoms with Crippen LogP contribution in [0.5, 0.6) is 0 Å². The third-order valence-corrected chi connectivity index (χ3v) is 6.43. The number of hydrogen-bond acceptors (Lipinski definition) is 5. The Morgan fingerprint density at radius 2 is 1.70 bits per heavy atom. The van der Waals surface area contributed by atoms with Crippen molar-refractivity contribution in [2.45, 2.75) is 12.8 Å². The number of hydrogen-bond donors (Lipinski definition) is 0. The van der Waals surface area contributed by atoms with Gasteiger partial charge >= 0.3 is 0 Å². The minimum atomic E-state index is 0. The molecule has 0 atom stereocenters. The molecule has 5 nitrogen and oxygen atoms in total. The van der Waals surface area contributed by atoms with E-state index in [1.165, 1.54) is 10.1 Å². The first kappa shape index (κ1) is 22.5. The van der Waals surface area contributed by atoms with Crippen LogP contribution in [-0.2, 0) is 0 Å². The van der Waals surface area contributed by atoms with Crippen molar-refractivity contribution in [1.29, 1.82) is 0 Å².